The number of fused-ring (bicyclic) bond motifs is 1. The van der Waals surface area contributed by atoms with Crippen molar-refractivity contribution in [1.82, 2.24) is 14.9 Å². The maximum absolute atomic E-state index is 13.0. The van der Waals surface area contributed by atoms with E-state index in [0.717, 1.165) is 41.8 Å². The third-order valence-electron chi connectivity index (χ3n) is 4.84. The normalized spacial score (nSPS) is 21.6. The lowest BCUT2D eigenvalue weighted by Gasteiger charge is -2.33. The highest BCUT2D eigenvalue weighted by Crippen LogP contribution is 2.34. The van der Waals surface area contributed by atoms with Gasteiger partial charge >= 0.3 is 0 Å². The molecule has 0 radical (unpaired) electrons. The summed E-state index contributed by atoms with van der Waals surface area (Å²) in [5.41, 5.74) is 0. The monoisotopic (exact) mass is 346 g/mol. The van der Waals surface area contributed by atoms with E-state index >= 15 is 0 Å². The van der Waals surface area contributed by atoms with Crippen molar-refractivity contribution in [2.75, 3.05) is 37.7 Å². The number of carbonyl (C=O) groups excluding carboxylic acids is 1. The molecule has 2 aromatic heterocycles. The van der Waals surface area contributed by atoms with Crippen molar-refractivity contribution in [3.63, 3.8) is 0 Å². The van der Waals surface area contributed by atoms with E-state index in [2.05, 4.69) is 27.9 Å². The Bertz CT molecular complexity index is 741. The molecule has 4 rings (SSSR count). The van der Waals surface area contributed by atoms with Gasteiger partial charge in [0.15, 0.2) is 0 Å². The van der Waals surface area contributed by atoms with Gasteiger partial charge in [-0.15, -0.1) is 11.3 Å². The first-order chi connectivity index (χ1) is 11.8. The minimum absolute atomic E-state index is 0.105. The molecule has 0 saturated carbocycles. The summed E-state index contributed by atoms with van der Waals surface area (Å²) < 4.78 is 5.37. The topological polar surface area (TPSA) is 58.6 Å². The number of ether oxygens (including phenoxy) is 1. The number of morpholine rings is 1. The average molecular weight is 346 g/mol. The van der Waals surface area contributed by atoms with Crippen molar-refractivity contribution in [2.24, 2.45) is 0 Å². The third-order valence-corrected chi connectivity index (χ3v) is 6.03. The van der Waals surface area contributed by atoms with Gasteiger partial charge in [-0.05, 0) is 25.3 Å². The summed E-state index contributed by atoms with van der Waals surface area (Å²) in [4.78, 5) is 28.4. The first kappa shape index (κ1) is 15.8. The van der Waals surface area contributed by atoms with Crippen molar-refractivity contribution in [3.8, 4) is 0 Å². The van der Waals surface area contributed by atoms with E-state index in [9.17, 15) is 4.79 Å². The summed E-state index contributed by atoms with van der Waals surface area (Å²) >= 11 is 1.72. The van der Waals surface area contributed by atoms with Crippen LogP contribution in [0.25, 0.3) is 10.2 Å². The largest absolute Gasteiger partial charge is 0.378 e. The smallest absolute Gasteiger partial charge is 0.245 e. The van der Waals surface area contributed by atoms with Gasteiger partial charge in [-0.3, -0.25) is 4.79 Å². The molecule has 1 amide bonds. The van der Waals surface area contributed by atoms with Gasteiger partial charge < -0.3 is 14.5 Å². The number of anilines is 1. The standard InChI is InChI=1S/C17H22N4O2S/c1-2-12-10-13-15(18-11-19-16(13)24-12)21-5-3-4-14(21)17(22)20-6-8-23-9-7-20/h10-11,14H,2-9H2,1H3/t14-/m0/s1. The maximum Gasteiger partial charge on any atom is 0.245 e. The summed E-state index contributed by atoms with van der Waals surface area (Å²) in [5, 5.41) is 1.08. The maximum atomic E-state index is 13.0. The van der Waals surface area contributed by atoms with Crippen LogP contribution in [-0.4, -0.2) is 59.7 Å². The fraction of sp³-hybridized carbons (Fsp3) is 0.588. The Morgan fingerprint density at radius 2 is 2.17 bits per heavy atom. The minimum atomic E-state index is -0.105. The molecule has 0 aromatic carbocycles. The van der Waals surface area contributed by atoms with Crippen LogP contribution in [0.5, 0.6) is 0 Å². The number of carbonyl (C=O) groups is 1. The zero-order chi connectivity index (χ0) is 16.5. The van der Waals surface area contributed by atoms with Crippen LogP contribution in [0, 0.1) is 0 Å². The Hall–Kier alpha value is -1.73. The summed E-state index contributed by atoms with van der Waals surface area (Å²) in [6.45, 7) is 5.70. The van der Waals surface area contributed by atoms with Crippen molar-refractivity contribution in [1.29, 1.82) is 0 Å². The van der Waals surface area contributed by atoms with E-state index < -0.39 is 0 Å². The second kappa shape index (κ2) is 6.64. The molecule has 2 fully saturated rings. The Labute approximate surface area is 145 Å². The van der Waals surface area contributed by atoms with Crippen molar-refractivity contribution in [2.45, 2.75) is 32.2 Å². The molecule has 0 unspecified atom stereocenters. The molecule has 1 atom stereocenters. The molecule has 2 aliphatic rings. The van der Waals surface area contributed by atoms with Gasteiger partial charge in [-0.2, -0.15) is 0 Å². The van der Waals surface area contributed by atoms with E-state index in [0.29, 0.717) is 26.3 Å². The van der Waals surface area contributed by atoms with Crippen LogP contribution in [0.2, 0.25) is 0 Å². The summed E-state index contributed by atoms with van der Waals surface area (Å²) in [5.74, 6) is 1.13. The van der Waals surface area contributed by atoms with Crippen molar-refractivity contribution in [3.05, 3.63) is 17.3 Å². The Morgan fingerprint density at radius 1 is 1.33 bits per heavy atom. The van der Waals surface area contributed by atoms with Gasteiger partial charge in [0.05, 0.1) is 18.6 Å². The molecule has 2 saturated heterocycles. The number of rotatable bonds is 3. The molecule has 0 bridgehead atoms. The predicted octanol–water partition coefficient (Wildman–Crippen LogP) is 2.08. The van der Waals surface area contributed by atoms with Crippen LogP contribution >= 0.6 is 11.3 Å². The van der Waals surface area contributed by atoms with Crippen LogP contribution in [-0.2, 0) is 16.0 Å². The molecule has 6 nitrogen and oxygen atoms in total. The van der Waals surface area contributed by atoms with E-state index in [1.165, 1.54) is 4.88 Å². The quantitative estimate of drug-likeness (QED) is 0.852. The van der Waals surface area contributed by atoms with E-state index in [1.807, 2.05) is 4.90 Å². The number of amides is 1. The van der Waals surface area contributed by atoms with Gasteiger partial charge in [-0.25, -0.2) is 9.97 Å². The number of aryl methyl sites for hydroxylation is 1. The number of thiophene rings is 1. The number of aromatic nitrogens is 2. The van der Waals surface area contributed by atoms with Crippen LogP contribution in [0.3, 0.4) is 0 Å². The van der Waals surface area contributed by atoms with E-state index in [-0.39, 0.29) is 11.9 Å². The lowest BCUT2D eigenvalue weighted by atomic mass is 10.1. The molecule has 128 valence electrons. The second-order valence-corrected chi connectivity index (χ2v) is 7.39. The van der Waals surface area contributed by atoms with Gasteiger partial charge in [-0.1, -0.05) is 6.92 Å². The first-order valence-corrected chi connectivity index (χ1v) is 9.46. The fourth-order valence-corrected chi connectivity index (χ4v) is 4.50. The lowest BCUT2D eigenvalue weighted by molar-refractivity contribution is -0.136. The predicted molar refractivity (Wildman–Crippen MR) is 94.6 cm³/mol. The summed E-state index contributed by atoms with van der Waals surface area (Å²) in [7, 11) is 0. The van der Waals surface area contributed by atoms with Crippen molar-refractivity contribution < 1.29 is 9.53 Å². The van der Waals surface area contributed by atoms with Gasteiger partial charge in [0.25, 0.3) is 0 Å². The molecule has 24 heavy (non-hydrogen) atoms. The molecule has 0 N–H and O–H groups in total. The highest BCUT2D eigenvalue weighted by atomic mass is 32.1. The van der Waals surface area contributed by atoms with E-state index in [4.69, 9.17) is 4.74 Å². The van der Waals surface area contributed by atoms with Gasteiger partial charge in [0.2, 0.25) is 5.91 Å². The van der Waals surface area contributed by atoms with Crippen molar-refractivity contribution >= 4 is 33.3 Å². The van der Waals surface area contributed by atoms with Gasteiger partial charge in [0, 0.05) is 24.5 Å². The summed E-state index contributed by atoms with van der Waals surface area (Å²) in [6, 6.07) is 2.08. The number of hydrogen-bond donors (Lipinski definition) is 0. The highest BCUT2D eigenvalue weighted by molar-refractivity contribution is 7.18. The molecular weight excluding hydrogens is 324 g/mol. The SMILES string of the molecule is CCc1cc2c(N3CCC[C@H]3C(=O)N3CCOCC3)ncnc2s1. The van der Waals surface area contributed by atoms with Crippen LogP contribution in [0.1, 0.15) is 24.6 Å². The zero-order valence-corrected chi connectivity index (χ0v) is 14.7. The second-order valence-electron chi connectivity index (χ2n) is 6.27. The van der Waals surface area contributed by atoms with Crippen LogP contribution < -0.4 is 4.90 Å². The molecule has 4 heterocycles. The van der Waals surface area contributed by atoms with Crippen LogP contribution in [0.15, 0.2) is 12.4 Å². The minimum Gasteiger partial charge on any atom is -0.378 e. The molecule has 0 aliphatic carbocycles. The third kappa shape index (κ3) is 2.75. The van der Waals surface area contributed by atoms with Crippen LogP contribution in [0.4, 0.5) is 5.82 Å². The molecule has 2 aromatic rings. The highest BCUT2D eigenvalue weighted by Gasteiger charge is 2.35. The zero-order valence-electron chi connectivity index (χ0n) is 13.9. The Balaban J connectivity index is 1.65. The van der Waals surface area contributed by atoms with Gasteiger partial charge in [0.1, 0.15) is 23.0 Å². The molecular formula is C17H22N4O2S. The average Bonchev–Trinajstić information content (AvgIpc) is 3.28. The first-order valence-electron chi connectivity index (χ1n) is 8.64. The molecule has 0 spiro atoms. The summed E-state index contributed by atoms with van der Waals surface area (Å²) in [6.07, 6.45) is 4.54. The van der Waals surface area contributed by atoms with E-state index in [1.54, 1.807) is 17.7 Å². The number of nitrogens with zero attached hydrogens (tertiary/aromatic N) is 4. The lowest BCUT2D eigenvalue weighted by Crippen LogP contribution is -2.50. The Kier molecular flexibility index (Phi) is 4.37. The fourth-order valence-electron chi connectivity index (χ4n) is 3.57. The Morgan fingerprint density at radius 3 is 2.96 bits per heavy atom. The number of hydrogen-bond acceptors (Lipinski definition) is 6. The molecule has 7 heteroatoms. The molecule has 2 aliphatic heterocycles.